The fraction of sp³-hybridized carbons (Fsp3) is 0.273. The molecule has 7 nitrogen and oxygen atoms in total. The van der Waals surface area contributed by atoms with Crippen molar-refractivity contribution in [2.75, 3.05) is 11.9 Å². The Morgan fingerprint density at radius 2 is 1.89 bits per heavy atom. The Kier molecular flexibility index (Phi) is 6.50. The SMILES string of the molecule is CN(C(=O)CCC(=O)O)c1cc[c]([Ge][O]OO)cc1. The van der Waals surface area contributed by atoms with Gasteiger partial charge in [-0.05, 0) is 0 Å². The van der Waals surface area contributed by atoms with Crippen LogP contribution in [0, 0.1) is 0 Å². The van der Waals surface area contributed by atoms with E-state index in [4.69, 9.17) is 10.4 Å². The molecule has 2 radical (unpaired) electrons. The van der Waals surface area contributed by atoms with Crippen molar-refractivity contribution in [3.8, 4) is 0 Å². The first-order valence-electron chi connectivity index (χ1n) is 5.36. The predicted octanol–water partition coefficient (Wildman–Crippen LogP) is 0.180. The molecule has 0 aliphatic carbocycles. The van der Waals surface area contributed by atoms with E-state index in [0.717, 1.165) is 4.40 Å². The van der Waals surface area contributed by atoms with Crippen LogP contribution in [-0.4, -0.2) is 45.1 Å². The van der Waals surface area contributed by atoms with Crippen LogP contribution in [0.2, 0.25) is 0 Å². The Hall–Kier alpha value is -1.42. The number of nitrogens with zero attached hydrogens (tertiary/aromatic N) is 1. The molecule has 2 N–H and O–H groups in total. The minimum atomic E-state index is -1.02. The van der Waals surface area contributed by atoms with E-state index in [9.17, 15) is 9.59 Å². The van der Waals surface area contributed by atoms with Crippen LogP contribution in [0.1, 0.15) is 12.8 Å². The fourth-order valence-electron chi connectivity index (χ4n) is 1.35. The summed E-state index contributed by atoms with van der Waals surface area (Å²) in [5.41, 5.74) is 0.663. The van der Waals surface area contributed by atoms with E-state index in [1.54, 1.807) is 31.3 Å². The van der Waals surface area contributed by atoms with Crippen molar-refractivity contribution in [2.45, 2.75) is 12.8 Å². The summed E-state index contributed by atoms with van der Waals surface area (Å²) in [5, 5.41) is 20.1. The van der Waals surface area contributed by atoms with Crippen molar-refractivity contribution in [3.05, 3.63) is 24.3 Å². The third-order valence-electron chi connectivity index (χ3n) is 2.38. The molecule has 0 unspecified atom stereocenters. The van der Waals surface area contributed by atoms with E-state index >= 15 is 0 Å². The van der Waals surface area contributed by atoms with E-state index in [1.165, 1.54) is 4.90 Å². The summed E-state index contributed by atoms with van der Waals surface area (Å²) in [6, 6.07) is 6.96. The van der Waals surface area contributed by atoms with Crippen LogP contribution in [0.4, 0.5) is 5.69 Å². The van der Waals surface area contributed by atoms with E-state index in [1.807, 2.05) is 0 Å². The quantitative estimate of drug-likeness (QED) is 0.421. The maximum absolute atomic E-state index is 11.7. The number of hydrogen-bond acceptors (Lipinski definition) is 5. The fourth-order valence-corrected chi connectivity index (χ4v) is 2.26. The Labute approximate surface area is 116 Å². The third-order valence-corrected chi connectivity index (χ3v) is 3.90. The average Bonchev–Trinajstić information content (AvgIpc) is 2.42. The van der Waals surface area contributed by atoms with Gasteiger partial charge in [0, 0.05) is 0 Å². The Bertz CT molecular complexity index is 435. The molecule has 0 aromatic heterocycles. The Morgan fingerprint density at radius 3 is 2.42 bits per heavy atom. The second-order valence-electron chi connectivity index (χ2n) is 3.65. The molecule has 0 aliphatic heterocycles. The molecule has 0 saturated heterocycles. The zero-order valence-electron chi connectivity index (χ0n) is 10.2. The molecule has 0 atom stereocenters. The van der Waals surface area contributed by atoms with Gasteiger partial charge < -0.3 is 0 Å². The number of carboxylic acids is 1. The Balaban J connectivity index is 2.58. The number of carbonyl (C=O) groups is 2. The molecule has 0 spiro atoms. The monoisotopic (exact) mass is 329 g/mol. The molecule has 0 bridgehead atoms. The first-order valence-corrected chi connectivity index (χ1v) is 7.26. The average molecular weight is 328 g/mol. The number of rotatable bonds is 7. The van der Waals surface area contributed by atoms with Crippen LogP contribution in [-0.2, 0) is 18.5 Å². The molecule has 0 heterocycles. The summed E-state index contributed by atoms with van der Waals surface area (Å²) in [6.45, 7) is 0. The van der Waals surface area contributed by atoms with Crippen molar-refractivity contribution in [3.63, 3.8) is 0 Å². The number of amides is 1. The molecule has 1 rings (SSSR count). The summed E-state index contributed by atoms with van der Waals surface area (Å²) in [4.78, 5) is 23.5. The standard InChI is InChI=1S/C11H13GeNO6/c1-13(10(14)6-7-11(15)16)9-4-2-8(3-5-9)12-18-19-17/h2-5,17H,6-7H2,1H3,(H,15,16). The maximum atomic E-state index is 11.7. The van der Waals surface area contributed by atoms with Gasteiger partial charge in [0.2, 0.25) is 0 Å². The van der Waals surface area contributed by atoms with Crippen molar-refractivity contribution >= 4 is 37.7 Å². The van der Waals surface area contributed by atoms with E-state index in [-0.39, 0.29) is 18.7 Å². The van der Waals surface area contributed by atoms with Gasteiger partial charge in [-0.25, -0.2) is 0 Å². The zero-order valence-corrected chi connectivity index (χ0v) is 12.3. The molecule has 102 valence electrons. The zero-order chi connectivity index (χ0) is 14.3. The van der Waals surface area contributed by atoms with Crippen molar-refractivity contribution < 1.29 is 28.9 Å². The van der Waals surface area contributed by atoms with Gasteiger partial charge in [0.25, 0.3) is 0 Å². The molecular weight excluding hydrogens is 315 g/mol. The van der Waals surface area contributed by atoms with Crippen molar-refractivity contribution in [1.82, 2.24) is 0 Å². The second-order valence-corrected chi connectivity index (χ2v) is 5.64. The van der Waals surface area contributed by atoms with Crippen LogP contribution < -0.4 is 9.30 Å². The molecule has 0 fully saturated rings. The number of aliphatic carboxylic acids is 1. The van der Waals surface area contributed by atoms with Crippen LogP contribution in [0.3, 0.4) is 0 Å². The van der Waals surface area contributed by atoms with E-state index < -0.39 is 21.7 Å². The molecular formula is C11H13GeNO6. The van der Waals surface area contributed by atoms with Gasteiger partial charge in [-0.15, -0.1) is 0 Å². The predicted molar refractivity (Wildman–Crippen MR) is 66.9 cm³/mol. The van der Waals surface area contributed by atoms with Gasteiger partial charge in [0.15, 0.2) is 0 Å². The van der Waals surface area contributed by atoms with Crippen molar-refractivity contribution in [1.29, 1.82) is 0 Å². The number of carbonyl (C=O) groups excluding carboxylic acids is 1. The Morgan fingerprint density at radius 1 is 1.26 bits per heavy atom. The van der Waals surface area contributed by atoms with Gasteiger partial charge in [-0.1, -0.05) is 0 Å². The molecule has 8 heteroatoms. The molecule has 0 aliphatic rings. The molecule has 0 saturated carbocycles. The topological polar surface area (TPSA) is 96.3 Å². The van der Waals surface area contributed by atoms with E-state index in [2.05, 4.69) is 8.95 Å². The normalized spacial score (nSPS) is 10.2. The molecule has 19 heavy (non-hydrogen) atoms. The molecule has 1 amide bonds. The van der Waals surface area contributed by atoms with Gasteiger partial charge in [0.05, 0.1) is 0 Å². The van der Waals surface area contributed by atoms with Gasteiger partial charge >= 0.3 is 116 Å². The summed E-state index contributed by atoms with van der Waals surface area (Å²) in [7, 11) is 1.59. The van der Waals surface area contributed by atoms with Crippen LogP contribution in [0.25, 0.3) is 0 Å². The first-order chi connectivity index (χ1) is 9.04. The van der Waals surface area contributed by atoms with E-state index in [0.29, 0.717) is 5.69 Å². The molecule has 1 aromatic rings. The van der Waals surface area contributed by atoms with Crippen LogP contribution in [0.15, 0.2) is 24.3 Å². The van der Waals surface area contributed by atoms with Crippen molar-refractivity contribution in [2.24, 2.45) is 0 Å². The number of anilines is 1. The van der Waals surface area contributed by atoms with Gasteiger partial charge in [0.1, 0.15) is 0 Å². The summed E-state index contributed by atoms with van der Waals surface area (Å²) < 4.78 is 5.35. The third kappa shape index (κ3) is 5.39. The first kappa shape index (κ1) is 15.6. The van der Waals surface area contributed by atoms with Crippen LogP contribution in [0.5, 0.6) is 0 Å². The summed E-state index contributed by atoms with van der Waals surface area (Å²) in [6.07, 6.45) is -0.224. The van der Waals surface area contributed by atoms with Crippen LogP contribution >= 0.6 is 0 Å². The summed E-state index contributed by atoms with van der Waals surface area (Å²) >= 11 is -1.02. The minimum absolute atomic E-state index is 0.0388. The summed E-state index contributed by atoms with van der Waals surface area (Å²) in [5.74, 6) is -1.26. The number of carboxylic acid groups (broad SMARTS) is 1. The van der Waals surface area contributed by atoms with Gasteiger partial charge in [-0.3, -0.25) is 0 Å². The number of benzene rings is 1. The van der Waals surface area contributed by atoms with Gasteiger partial charge in [-0.2, -0.15) is 0 Å². The second kappa shape index (κ2) is 7.90. The molecule has 1 aromatic carbocycles. The number of hydrogen-bond donors (Lipinski definition) is 2.